The van der Waals surface area contributed by atoms with Crippen LogP contribution in [0.25, 0.3) is 5.57 Å². The highest BCUT2D eigenvalue weighted by Crippen LogP contribution is 2.25. The summed E-state index contributed by atoms with van der Waals surface area (Å²) in [5.74, 6) is 1.22. The zero-order valence-electron chi connectivity index (χ0n) is 20.3. The lowest BCUT2D eigenvalue weighted by Crippen LogP contribution is -2.29. The van der Waals surface area contributed by atoms with Gasteiger partial charge in [-0.1, -0.05) is 83.2 Å². The van der Waals surface area contributed by atoms with Crippen LogP contribution in [0.4, 0.5) is 0 Å². The van der Waals surface area contributed by atoms with E-state index in [1.165, 1.54) is 6.42 Å². The molecule has 1 N–H and O–H groups in total. The molecule has 0 radical (unpaired) electrons. The van der Waals surface area contributed by atoms with Gasteiger partial charge in [0.25, 0.3) is 0 Å². The molecule has 1 atom stereocenters. The summed E-state index contributed by atoms with van der Waals surface area (Å²) < 4.78 is 11.1. The van der Waals surface area contributed by atoms with Crippen molar-refractivity contribution in [2.24, 2.45) is 5.92 Å². The lowest BCUT2D eigenvalue weighted by molar-refractivity contribution is 0.143. The van der Waals surface area contributed by atoms with Gasteiger partial charge in [-0.15, -0.1) is 0 Å². The fraction of sp³-hybridized carbons (Fsp3) is 0.407. The number of hydrogen-bond donors (Lipinski definition) is 1. The first kappa shape index (κ1) is 26.7. The van der Waals surface area contributed by atoms with Crippen LogP contribution >= 0.6 is 0 Å². The first-order valence-electron chi connectivity index (χ1n) is 11.2. The Morgan fingerprint density at radius 1 is 1.13 bits per heavy atom. The van der Waals surface area contributed by atoms with E-state index in [1.54, 1.807) is 7.11 Å². The van der Waals surface area contributed by atoms with E-state index in [1.807, 2.05) is 44.2 Å². The fourth-order valence-corrected chi connectivity index (χ4v) is 2.84. The Morgan fingerprint density at radius 3 is 2.39 bits per heavy atom. The van der Waals surface area contributed by atoms with Crippen LogP contribution in [0.1, 0.15) is 58.6 Å². The minimum absolute atomic E-state index is 0.0340. The first-order chi connectivity index (χ1) is 14.7. The predicted octanol–water partition coefficient (Wildman–Crippen LogP) is 6.88. The molecule has 0 saturated carbocycles. The Kier molecular flexibility index (Phi) is 12.0. The number of allylic oxidation sites excluding steroid dienone is 9. The van der Waals surface area contributed by atoms with Crippen LogP contribution in [0.5, 0.6) is 5.75 Å². The van der Waals surface area contributed by atoms with Crippen molar-refractivity contribution in [3.05, 3.63) is 83.4 Å². The van der Waals surface area contributed by atoms with Gasteiger partial charge in [-0.25, -0.2) is 0 Å². The minimum Gasteiger partial charge on any atom is -0.496 e. The molecule has 0 saturated heterocycles. The molecule has 1 aliphatic carbocycles. The van der Waals surface area contributed by atoms with Gasteiger partial charge in [0, 0.05) is 6.10 Å². The van der Waals surface area contributed by atoms with Gasteiger partial charge in [-0.05, 0) is 66.1 Å². The van der Waals surface area contributed by atoms with Crippen molar-refractivity contribution in [2.45, 2.75) is 60.5 Å². The monoisotopic (exact) mass is 422 g/mol. The maximum Gasteiger partial charge on any atom is 0.491 e. The molecule has 0 fully saturated rings. The first-order valence-corrected chi connectivity index (χ1v) is 11.2. The quantitative estimate of drug-likeness (QED) is 0.508. The summed E-state index contributed by atoms with van der Waals surface area (Å²) in [4.78, 5) is 0. The second-order valence-electron chi connectivity index (χ2n) is 8.18. The maximum absolute atomic E-state index is 10.5. The average Bonchev–Trinajstić information content (AvgIpc) is 2.72. The van der Waals surface area contributed by atoms with Crippen LogP contribution in [0.3, 0.4) is 0 Å². The van der Waals surface area contributed by atoms with Crippen molar-refractivity contribution >= 4 is 12.7 Å². The summed E-state index contributed by atoms with van der Waals surface area (Å²) in [6, 6.07) is 6.18. The van der Waals surface area contributed by atoms with Crippen molar-refractivity contribution in [1.29, 1.82) is 0 Å². The third kappa shape index (κ3) is 9.16. The molecular weight excluding hydrogens is 383 g/mol. The highest BCUT2D eigenvalue weighted by Gasteiger charge is 2.22. The second kappa shape index (κ2) is 13.9. The number of methoxy groups -OCH3 is 1. The number of ether oxygens (including phenoxy) is 1. The van der Waals surface area contributed by atoms with Gasteiger partial charge in [-0.2, -0.15) is 0 Å². The topological polar surface area (TPSA) is 38.7 Å². The van der Waals surface area contributed by atoms with Crippen LogP contribution in [0, 0.1) is 12.8 Å². The van der Waals surface area contributed by atoms with E-state index < -0.39 is 7.12 Å². The summed E-state index contributed by atoms with van der Waals surface area (Å²) >= 11 is 0. The number of rotatable bonds is 6. The lowest BCUT2D eigenvalue weighted by atomic mass is 9.76. The zero-order valence-corrected chi connectivity index (χ0v) is 20.3. The smallest absolute Gasteiger partial charge is 0.491 e. The highest BCUT2D eigenvalue weighted by atomic mass is 16.5. The molecule has 0 heterocycles. The van der Waals surface area contributed by atoms with Crippen molar-refractivity contribution < 1.29 is 14.4 Å². The van der Waals surface area contributed by atoms with E-state index in [4.69, 9.17) is 9.39 Å². The van der Waals surface area contributed by atoms with Gasteiger partial charge < -0.3 is 14.4 Å². The Labute approximate surface area is 190 Å². The molecule has 4 heteroatoms. The van der Waals surface area contributed by atoms with Crippen LogP contribution in [-0.2, 0) is 4.65 Å². The van der Waals surface area contributed by atoms with Crippen LogP contribution < -0.4 is 4.74 Å². The number of aryl methyl sites for hydroxylation is 1. The Balaban J connectivity index is 0.00000151. The van der Waals surface area contributed by atoms with Gasteiger partial charge in [-0.3, -0.25) is 0 Å². The summed E-state index contributed by atoms with van der Waals surface area (Å²) in [7, 11) is 0.717. The third-order valence-electron chi connectivity index (χ3n) is 4.91. The molecule has 0 spiro atoms. The SMILES string of the molecule is C=C1/C=C\C(c2ccc(OC)c(C)c2)=C/C/C=C\C(B(O)OC(C)C(C)C)=C/1.CCC. The Morgan fingerprint density at radius 2 is 1.81 bits per heavy atom. The lowest BCUT2D eigenvalue weighted by Gasteiger charge is -2.19. The van der Waals surface area contributed by atoms with Crippen molar-refractivity contribution in [2.75, 3.05) is 7.11 Å². The zero-order chi connectivity index (χ0) is 23.4. The Hall–Kier alpha value is -2.30. The molecule has 31 heavy (non-hydrogen) atoms. The normalized spacial score (nSPS) is 20.4. The molecule has 0 amide bonds. The molecule has 1 unspecified atom stereocenters. The van der Waals surface area contributed by atoms with Crippen molar-refractivity contribution in [3.63, 3.8) is 0 Å². The molecular formula is C27H39BO3. The molecule has 1 aromatic carbocycles. The van der Waals surface area contributed by atoms with Crippen molar-refractivity contribution in [1.82, 2.24) is 0 Å². The Bertz CT molecular complexity index is 831. The minimum atomic E-state index is -0.967. The number of benzene rings is 1. The standard InChI is InChI=1S/C24H31BO3.C3H8/c1-17(2)20(5)28-25(26)23-10-8-7-9-21(12-11-18(3)15-23)22-13-14-24(27-6)19(4)16-22;1-3-2/h8-17,20,26H,3,7H2,1-2,4-6H3;3H2,1-2H3/b10-8-,12-11-,21-9+,23-15+;. The summed E-state index contributed by atoms with van der Waals surface area (Å²) in [5, 5.41) is 10.5. The summed E-state index contributed by atoms with van der Waals surface area (Å²) in [6.45, 7) is 16.5. The average molecular weight is 422 g/mol. The van der Waals surface area contributed by atoms with E-state index in [0.29, 0.717) is 11.4 Å². The highest BCUT2D eigenvalue weighted by molar-refractivity contribution is 6.53. The summed E-state index contributed by atoms with van der Waals surface area (Å²) in [6.07, 6.45) is 14.0. The van der Waals surface area contributed by atoms with E-state index in [2.05, 4.69) is 58.6 Å². The molecule has 168 valence electrons. The van der Waals surface area contributed by atoms with E-state index >= 15 is 0 Å². The van der Waals surface area contributed by atoms with Gasteiger partial charge in [0.15, 0.2) is 0 Å². The van der Waals surface area contributed by atoms with Gasteiger partial charge in [0.1, 0.15) is 5.75 Å². The van der Waals surface area contributed by atoms with E-state index in [-0.39, 0.29) is 6.10 Å². The third-order valence-corrected chi connectivity index (χ3v) is 4.91. The summed E-state index contributed by atoms with van der Waals surface area (Å²) in [5.41, 5.74) is 4.87. The molecule has 0 aromatic heterocycles. The molecule has 1 aromatic rings. The molecule has 3 nitrogen and oxygen atoms in total. The van der Waals surface area contributed by atoms with Gasteiger partial charge in [0.2, 0.25) is 0 Å². The molecule has 1 aliphatic rings. The molecule has 0 bridgehead atoms. The van der Waals surface area contributed by atoms with Gasteiger partial charge in [0.05, 0.1) is 7.11 Å². The van der Waals surface area contributed by atoms with E-state index in [0.717, 1.165) is 34.4 Å². The van der Waals surface area contributed by atoms with Crippen LogP contribution in [0.15, 0.2) is 72.3 Å². The molecule has 2 rings (SSSR count). The predicted molar refractivity (Wildman–Crippen MR) is 135 cm³/mol. The van der Waals surface area contributed by atoms with Crippen LogP contribution in [0.2, 0.25) is 0 Å². The fourth-order valence-electron chi connectivity index (χ4n) is 2.84. The van der Waals surface area contributed by atoms with Gasteiger partial charge >= 0.3 is 7.12 Å². The number of hydrogen-bond acceptors (Lipinski definition) is 3. The van der Waals surface area contributed by atoms with E-state index in [9.17, 15) is 5.02 Å². The van der Waals surface area contributed by atoms with Crippen LogP contribution in [-0.4, -0.2) is 25.4 Å². The largest absolute Gasteiger partial charge is 0.496 e. The molecule has 0 aliphatic heterocycles. The van der Waals surface area contributed by atoms with Crippen molar-refractivity contribution in [3.8, 4) is 5.75 Å². The maximum atomic E-state index is 10.5. The second-order valence-corrected chi connectivity index (χ2v) is 8.18.